The first-order valence-electron chi connectivity index (χ1n) is 5.24. The van der Waals surface area contributed by atoms with Crippen LogP contribution in [-0.2, 0) is 6.42 Å². The molecule has 1 atom stereocenters. The van der Waals surface area contributed by atoms with E-state index in [0.717, 1.165) is 4.88 Å². The second-order valence-electron chi connectivity index (χ2n) is 3.69. The van der Waals surface area contributed by atoms with Crippen LogP contribution >= 0.6 is 11.3 Å². The molecule has 17 heavy (non-hydrogen) atoms. The van der Waals surface area contributed by atoms with Gasteiger partial charge in [0.25, 0.3) is 0 Å². The number of aliphatic hydroxyl groups excluding tert-OH is 1. The van der Waals surface area contributed by atoms with Crippen LogP contribution in [0.5, 0.6) is 5.75 Å². The van der Waals surface area contributed by atoms with Crippen molar-refractivity contribution in [2.24, 2.45) is 0 Å². The summed E-state index contributed by atoms with van der Waals surface area (Å²) in [6, 6.07) is 8.04. The molecule has 1 aromatic heterocycles. The van der Waals surface area contributed by atoms with Gasteiger partial charge in [-0.05, 0) is 29.6 Å². The topological polar surface area (TPSA) is 29.5 Å². The highest BCUT2D eigenvalue weighted by atomic mass is 32.1. The van der Waals surface area contributed by atoms with Crippen molar-refractivity contribution in [1.29, 1.82) is 0 Å². The van der Waals surface area contributed by atoms with Crippen molar-refractivity contribution < 1.29 is 14.2 Å². The third-order valence-electron chi connectivity index (χ3n) is 2.53. The fraction of sp³-hybridized carbons (Fsp3) is 0.231. The summed E-state index contributed by atoms with van der Waals surface area (Å²) in [7, 11) is 1.51. The largest absolute Gasteiger partial charge is 0.496 e. The fourth-order valence-electron chi connectivity index (χ4n) is 1.69. The zero-order chi connectivity index (χ0) is 12.3. The number of rotatable bonds is 4. The maximum absolute atomic E-state index is 13.2. The number of ether oxygens (including phenoxy) is 1. The van der Waals surface area contributed by atoms with Gasteiger partial charge < -0.3 is 9.84 Å². The lowest BCUT2D eigenvalue weighted by Gasteiger charge is -2.14. The first-order valence-corrected chi connectivity index (χ1v) is 6.12. The van der Waals surface area contributed by atoms with Gasteiger partial charge in [0.15, 0.2) is 0 Å². The minimum Gasteiger partial charge on any atom is -0.496 e. The molecule has 0 fully saturated rings. The van der Waals surface area contributed by atoms with Crippen LogP contribution in [0.3, 0.4) is 0 Å². The number of benzene rings is 1. The van der Waals surface area contributed by atoms with E-state index in [-0.39, 0.29) is 5.82 Å². The lowest BCUT2D eigenvalue weighted by molar-refractivity contribution is 0.174. The molecule has 0 amide bonds. The third kappa shape index (κ3) is 2.84. The van der Waals surface area contributed by atoms with Gasteiger partial charge in [-0.15, -0.1) is 11.3 Å². The van der Waals surface area contributed by atoms with E-state index in [9.17, 15) is 9.50 Å². The molecule has 0 radical (unpaired) electrons. The van der Waals surface area contributed by atoms with E-state index in [0.29, 0.717) is 17.7 Å². The second kappa shape index (κ2) is 5.29. The van der Waals surface area contributed by atoms with Crippen LogP contribution < -0.4 is 4.74 Å². The van der Waals surface area contributed by atoms with E-state index in [1.165, 1.54) is 25.3 Å². The van der Waals surface area contributed by atoms with E-state index < -0.39 is 6.10 Å². The SMILES string of the molecule is COc1ccc(F)cc1C(O)Cc1cccs1. The molecular weight excluding hydrogens is 239 g/mol. The molecule has 2 nitrogen and oxygen atoms in total. The monoisotopic (exact) mass is 252 g/mol. The number of aliphatic hydroxyl groups is 1. The fourth-order valence-corrected chi connectivity index (χ4v) is 2.44. The molecule has 4 heteroatoms. The molecule has 0 saturated heterocycles. The quantitative estimate of drug-likeness (QED) is 0.905. The van der Waals surface area contributed by atoms with E-state index in [4.69, 9.17) is 4.74 Å². The van der Waals surface area contributed by atoms with Crippen LogP contribution in [0.15, 0.2) is 35.7 Å². The Hall–Kier alpha value is -1.39. The molecule has 0 aliphatic rings. The van der Waals surface area contributed by atoms with E-state index in [1.54, 1.807) is 11.3 Å². The maximum Gasteiger partial charge on any atom is 0.124 e. The van der Waals surface area contributed by atoms with Gasteiger partial charge in [0.05, 0.1) is 13.2 Å². The van der Waals surface area contributed by atoms with Crippen molar-refractivity contribution >= 4 is 11.3 Å². The predicted molar refractivity (Wildman–Crippen MR) is 65.9 cm³/mol. The van der Waals surface area contributed by atoms with Crippen LogP contribution in [0, 0.1) is 5.82 Å². The Labute approximate surface area is 103 Å². The lowest BCUT2D eigenvalue weighted by Crippen LogP contribution is -2.03. The zero-order valence-electron chi connectivity index (χ0n) is 9.39. The molecule has 0 aliphatic heterocycles. The Bertz CT molecular complexity index is 482. The number of methoxy groups -OCH3 is 1. The van der Waals surface area contributed by atoms with Crippen molar-refractivity contribution in [3.05, 3.63) is 52.0 Å². The average Bonchev–Trinajstić information content (AvgIpc) is 2.81. The van der Waals surface area contributed by atoms with Gasteiger partial charge >= 0.3 is 0 Å². The van der Waals surface area contributed by atoms with Crippen molar-refractivity contribution in [3.8, 4) is 5.75 Å². The molecule has 2 aromatic rings. The summed E-state index contributed by atoms with van der Waals surface area (Å²) >= 11 is 1.57. The van der Waals surface area contributed by atoms with Crippen LogP contribution in [0.2, 0.25) is 0 Å². The zero-order valence-corrected chi connectivity index (χ0v) is 10.2. The van der Waals surface area contributed by atoms with Crippen molar-refractivity contribution in [1.82, 2.24) is 0 Å². The van der Waals surface area contributed by atoms with Crippen LogP contribution in [-0.4, -0.2) is 12.2 Å². The summed E-state index contributed by atoms with van der Waals surface area (Å²) < 4.78 is 18.3. The molecule has 2 rings (SSSR count). The molecule has 1 aromatic carbocycles. The van der Waals surface area contributed by atoms with E-state index >= 15 is 0 Å². The van der Waals surface area contributed by atoms with Gasteiger partial charge in [-0.3, -0.25) is 0 Å². The molecule has 90 valence electrons. The minimum atomic E-state index is -0.751. The Kier molecular flexibility index (Phi) is 3.76. The highest BCUT2D eigenvalue weighted by Crippen LogP contribution is 2.29. The molecule has 1 unspecified atom stereocenters. The van der Waals surface area contributed by atoms with Crippen molar-refractivity contribution in [3.63, 3.8) is 0 Å². The summed E-state index contributed by atoms with van der Waals surface area (Å²) in [6.07, 6.45) is -0.281. The van der Waals surface area contributed by atoms with Gasteiger partial charge in [0.1, 0.15) is 11.6 Å². The second-order valence-corrected chi connectivity index (χ2v) is 4.72. The molecule has 0 saturated carbocycles. The third-order valence-corrected chi connectivity index (χ3v) is 3.42. The Morgan fingerprint density at radius 3 is 2.88 bits per heavy atom. The average molecular weight is 252 g/mol. The number of halogens is 1. The summed E-state index contributed by atoms with van der Waals surface area (Å²) in [5.74, 6) is 0.140. The summed E-state index contributed by atoms with van der Waals surface area (Å²) in [5, 5.41) is 12.0. The van der Waals surface area contributed by atoms with Crippen LogP contribution in [0.4, 0.5) is 4.39 Å². The minimum absolute atomic E-state index is 0.369. The van der Waals surface area contributed by atoms with Crippen LogP contribution in [0.25, 0.3) is 0 Å². The number of thiophene rings is 1. The molecular formula is C13H13FO2S. The Balaban J connectivity index is 2.23. The van der Waals surface area contributed by atoms with Gasteiger partial charge in [-0.25, -0.2) is 4.39 Å². The molecule has 0 aliphatic carbocycles. The standard InChI is InChI=1S/C13H13FO2S/c1-16-13-5-4-9(14)7-11(13)12(15)8-10-3-2-6-17-10/h2-7,12,15H,8H2,1H3. The highest BCUT2D eigenvalue weighted by molar-refractivity contribution is 7.09. The van der Waals surface area contributed by atoms with Crippen molar-refractivity contribution in [2.75, 3.05) is 7.11 Å². The molecule has 1 N–H and O–H groups in total. The normalized spacial score (nSPS) is 12.4. The van der Waals surface area contributed by atoms with Crippen LogP contribution in [0.1, 0.15) is 16.5 Å². The van der Waals surface area contributed by atoms with E-state index in [1.807, 2.05) is 17.5 Å². The molecule has 0 spiro atoms. The lowest BCUT2D eigenvalue weighted by atomic mass is 10.0. The smallest absolute Gasteiger partial charge is 0.124 e. The summed E-state index contributed by atoms with van der Waals surface area (Å²) in [4.78, 5) is 1.06. The highest BCUT2D eigenvalue weighted by Gasteiger charge is 2.15. The maximum atomic E-state index is 13.2. The molecule has 1 heterocycles. The first kappa shape index (κ1) is 12.1. The van der Waals surface area contributed by atoms with Gasteiger partial charge in [-0.2, -0.15) is 0 Å². The number of hydrogen-bond donors (Lipinski definition) is 1. The molecule has 0 bridgehead atoms. The van der Waals surface area contributed by atoms with Gasteiger partial charge in [0.2, 0.25) is 0 Å². The van der Waals surface area contributed by atoms with Gasteiger partial charge in [-0.1, -0.05) is 6.07 Å². The van der Waals surface area contributed by atoms with Crippen molar-refractivity contribution in [2.45, 2.75) is 12.5 Å². The summed E-state index contributed by atoms with van der Waals surface area (Å²) in [5.41, 5.74) is 0.487. The first-order chi connectivity index (χ1) is 8.20. The Morgan fingerprint density at radius 2 is 2.24 bits per heavy atom. The Morgan fingerprint density at radius 1 is 1.41 bits per heavy atom. The number of hydrogen-bond acceptors (Lipinski definition) is 3. The summed E-state index contributed by atoms with van der Waals surface area (Å²) in [6.45, 7) is 0. The predicted octanol–water partition coefficient (Wildman–Crippen LogP) is 3.17. The van der Waals surface area contributed by atoms with E-state index in [2.05, 4.69) is 0 Å². The van der Waals surface area contributed by atoms with Gasteiger partial charge in [0, 0.05) is 16.9 Å².